The fourth-order valence-electron chi connectivity index (χ4n) is 9.19. The third-order valence-electron chi connectivity index (χ3n) is 12.7. The van der Waals surface area contributed by atoms with Gasteiger partial charge in [-0.3, -0.25) is 14.4 Å². The summed E-state index contributed by atoms with van der Waals surface area (Å²) in [5.41, 5.74) is 12.1. The molecule has 6 rings (SSSR count). The highest BCUT2D eigenvalue weighted by molar-refractivity contribution is 6.24. The average molecular weight is 804 g/mol. The molecule has 5 heterocycles. The number of aliphatic hydroxyl groups excluding tert-OH is 1. The van der Waals surface area contributed by atoms with Crippen LogP contribution in [0.15, 0.2) is 119 Å². The van der Waals surface area contributed by atoms with Gasteiger partial charge in [-0.05, 0) is 87.0 Å². The van der Waals surface area contributed by atoms with E-state index in [0.29, 0.717) is 41.9 Å². The molecule has 3 atom stereocenters. The van der Waals surface area contributed by atoms with Crippen molar-refractivity contribution in [2.24, 2.45) is 32.7 Å². The van der Waals surface area contributed by atoms with Gasteiger partial charge >= 0.3 is 11.9 Å². The van der Waals surface area contributed by atoms with Gasteiger partial charge in [-0.15, -0.1) is 0 Å². The summed E-state index contributed by atoms with van der Waals surface area (Å²) in [6.45, 7) is 15.0. The Balaban J connectivity index is 1.23. The van der Waals surface area contributed by atoms with Gasteiger partial charge in [-0.2, -0.15) is 0 Å². The van der Waals surface area contributed by atoms with Gasteiger partial charge in [0.15, 0.2) is 0 Å². The molecule has 0 spiro atoms. The van der Waals surface area contributed by atoms with Gasteiger partial charge in [-0.1, -0.05) is 77.9 Å². The van der Waals surface area contributed by atoms with Gasteiger partial charge in [0.2, 0.25) is 5.91 Å². The topological polar surface area (TPSA) is 162 Å². The van der Waals surface area contributed by atoms with E-state index in [4.69, 9.17) is 24.8 Å². The predicted molar refractivity (Wildman–Crippen MR) is 234 cm³/mol. The van der Waals surface area contributed by atoms with Crippen molar-refractivity contribution in [3.05, 3.63) is 104 Å². The van der Waals surface area contributed by atoms with Gasteiger partial charge in [0.1, 0.15) is 11.7 Å². The molecule has 8 bridgehead atoms. The second-order valence-electron chi connectivity index (χ2n) is 16.5. The van der Waals surface area contributed by atoms with Crippen LogP contribution in [0.4, 0.5) is 0 Å². The quantitative estimate of drug-likeness (QED) is 0.0747. The van der Waals surface area contributed by atoms with E-state index in [1.54, 1.807) is 0 Å². The van der Waals surface area contributed by atoms with E-state index in [-0.39, 0.29) is 29.9 Å². The molecule has 1 saturated heterocycles. The molecular weight excluding hydrogens is 743 g/mol. The zero-order chi connectivity index (χ0) is 42.4. The Labute approximate surface area is 349 Å². The lowest BCUT2D eigenvalue weighted by molar-refractivity contribution is -0.143. The third kappa shape index (κ3) is 9.14. The Morgan fingerprint density at radius 3 is 2.15 bits per heavy atom. The van der Waals surface area contributed by atoms with Crippen molar-refractivity contribution in [2.45, 2.75) is 125 Å². The molecule has 11 nitrogen and oxygen atoms in total. The van der Waals surface area contributed by atoms with Crippen LogP contribution in [0.2, 0.25) is 0 Å². The van der Waals surface area contributed by atoms with Crippen molar-refractivity contribution >= 4 is 35.0 Å². The zero-order valence-electron chi connectivity index (χ0n) is 35.7. The van der Waals surface area contributed by atoms with Crippen molar-refractivity contribution in [3.8, 4) is 0 Å². The summed E-state index contributed by atoms with van der Waals surface area (Å²) in [5.74, 6) is -2.73. The number of unbranched alkanes of at least 4 members (excludes halogenated alkanes) is 9. The highest BCUT2D eigenvalue weighted by Gasteiger charge is 2.49. The summed E-state index contributed by atoms with van der Waals surface area (Å²) in [5, 5.41) is 27.4. The minimum Gasteiger partial charge on any atom is -0.510 e. The largest absolute Gasteiger partial charge is 0.510 e. The molecule has 5 aliphatic heterocycles. The molecule has 11 heteroatoms. The number of aliphatic imine (C=N–C) groups is 3. The standard InChI is InChI=1S/C48H61N5O6/c1-8-31-27(3)34-24-36-29(5)33(21-22-40(54)49-23-19-17-15-13-11-10-12-14-16-18-20-41(55)56)45(52-36)43-44(48(58)59-7)47(57)42-30(6)37(53-46(42)43)26-39-32(9-2)28(4)35(51-39)25-38(31)50-34/h8,24-26,29,33,44,52,57H,1,9-23H2,2-7H3,(H,49,54)(H,55,56)/t29-,33-,44+/m0/s1. The molecule has 0 aromatic carbocycles. The lowest BCUT2D eigenvalue weighted by Crippen LogP contribution is -2.27. The van der Waals surface area contributed by atoms with Crippen molar-refractivity contribution < 1.29 is 29.3 Å². The third-order valence-corrected chi connectivity index (χ3v) is 12.7. The van der Waals surface area contributed by atoms with Crippen LogP contribution in [0.5, 0.6) is 0 Å². The summed E-state index contributed by atoms with van der Waals surface area (Å²) in [6.07, 6.45) is 20.4. The number of amides is 1. The Kier molecular flexibility index (Phi) is 14.1. The maximum Gasteiger partial charge on any atom is 0.321 e. The number of nitrogens with one attached hydrogen (secondary N) is 2. The summed E-state index contributed by atoms with van der Waals surface area (Å²) >= 11 is 0. The molecule has 0 saturated carbocycles. The Morgan fingerprint density at radius 2 is 1.51 bits per heavy atom. The smallest absolute Gasteiger partial charge is 0.321 e. The second-order valence-corrected chi connectivity index (χ2v) is 16.5. The molecule has 0 unspecified atom stereocenters. The molecule has 4 N–H and O–H groups in total. The number of aliphatic carboxylic acids is 1. The van der Waals surface area contributed by atoms with E-state index >= 15 is 0 Å². The summed E-state index contributed by atoms with van der Waals surface area (Å²) in [4.78, 5) is 52.9. The molecule has 0 aromatic rings. The van der Waals surface area contributed by atoms with Crippen LogP contribution in [0, 0.1) is 17.8 Å². The fraction of sp³-hybridized carbons (Fsp3) is 0.500. The number of esters is 1. The van der Waals surface area contributed by atoms with Crippen LogP contribution in [0.3, 0.4) is 0 Å². The Hall–Kier alpha value is -5.32. The minimum atomic E-state index is -1.07. The lowest BCUT2D eigenvalue weighted by atomic mass is 9.84. The number of fused-ring (bicyclic) bond motifs is 5. The number of carboxylic acid groups (broad SMARTS) is 1. The van der Waals surface area contributed by atoms with E-state index in [2.05, 4.69) is 44.1 Å². The van der Waals surface area contributed by atoms with Gasteiger partial charge in [0.25, 0.3) is 0 Å². The fourth-order valence-corrected chi connectivity index (χ4v) is 9.19. The summed E-state index contributed by atoms with van der Waals surface area (Å²) < 4.78 is 5.30. The second kappa shape index (κ2) is 19.2. The summed E-state index contributed by atoms with van der Waals surface area (Å²) in [6, 6.07) is 0. The number of hydrogen-bond acceptors (Lipinski definition) is 9. The van der Waals surface area contributed by atoms with Crippen molar-refractivity contribution in [2.75, 3.05) is 13.7 Å². The van der Waals surface area contributed by atoms with Gasteiger partial charge < -0.3 is 25.6 Å². The Bertz CT molecular complexity index is 2150. The van der Waals surface area contributed by atoms with Crippen LogP contribution in [0.1, 0.15) is 125 Å². The first kappa shape index (κ1) is 43.3. The number of carboxylic acids is 1. The van der Waals surface area contributed by atoms with Gasteiger partial charge in [0, 0.05) is 59.3 Å². The molecule has 1 aliphatic carbocycles. The number of aliphatic hydroxyl groups is 1. The monoisotopic (exact) mass is 803 g/mol. The molecule has 0 aromatic heterocycles. The molecule has 6 aliphatic rings. The first-order valence-corrected chi connectivity index (χ1v) is 21.6. The number of carbonyl (C=O) groups excluding carboxylic acids is 2. The maximum absolute atomic E-state index is 13.6. The normalized spacial score (nSPS) is 22.0. The summed E-state index contributed by atoms with van der Waals surface area (Å²) in [7, 11) is 1.33. The van der Waals surface area contributed by atoms with E-state index < -0.39 is 17.9 Å². The predicted octanol–water partition coefficient (Wildman–Crippen LogP) is 9.52. The van der Waals surface area contributed by atoms with Crippen LogP contribution in [0.25, 0.3) is 0 Å². The first-order valence-electron chi connectivity index (χ1n) is 21.6. The number of ether oxygens (including phenoxy) is 1. The molecule has 59 heavy (non-hydrogen) atoms. The number of hydrogen-bond donors (Lipinski definition) is 4. The van der Waals surface area contributed by atoms with Crippen molar-refractivity contribution in [3.63, 3.8) is 0 Å². The lowest BCUT2D eigenvalue weighted by Gasteiger charge is -2.20. The maximum atomic E-state index is 13.6. The first-order chi connectivity index (χ1) is 28.4. The SMILES string of the molecule is C=CC1=C(C)C2=NC1=CC1=NC(=CC3=C(C)C4=C(O)[C@H](C(=O)OC)C(=C5NC(=C2)[C@@H](C)[C@@H]5CCC(=O)NCCCCCCCCCCCCC(=O)O)C4=N3)C(CC)=C1C. The van der Waals surface area contributed by atoms with Gasteiger partial charge in [-0.25, -0.2) is 15.0 Å². The molecule has 0 radical (unpaired) electrons. The van der Waals surface area contributed by atoms with Crippen LogP contribution in [-0.4, -0.2) is 58.8 Å². The molecular formula is C48H61N5O6. The number of nitrogens with zero attached hydrogens (tertiary/aromatic N) is 3. The van der Waals surface area contributed by atoms with Crippen LogP contribution >= 0.6 is 0 Å². The minimum absolute atomic E-state index is 0.0155. The van der Waals surface area contributed by atoms with E-state index in [0.717, 1.165) is 113 Å². The van der Waals surface area contributed by atoms with E-state index in [9.17, 15) is 19.5 Å². The molecule has 1 fully saturated rings. The van der Waals surface area contributed by atoms with Crippen LogP contribution in [-0.2, 0) is 19.1 Å². The number of rotatable bonds is 19. The molecule has 314 valence electrons. The highest BCUT2D eigenvalue weighted by atomic mass is 16.5. The van der Waals surface area contributed by atoms with E-state index in [1.165, 1.54) is 26.4 Å². The molecule has 1 amide bonds. The highest BCUT2D eigenvalue weighted by Crippen LogP contribution is 2.49. The van der Waals surface area contributed by atoms with Crippen molar-refractivity contribution in [1.82, 2.24) is 10.6 Å². The number of carbonyl (C=O) groups is 3. The Morgan fingerprint density at radius 1 is 0.864 bits per heavy atom. The van der Waals surface area contributed by atoms with Crippen LogP contribution < -0.4 is 10.6 Å². The average Bonchev–Trinajstić information content (AvgIpc) is 3.95. The number of allylic oxidation sites excluding steroid dienone is 11. The van der Waals surface area contributed by atoms with Gasteiger partial charge in [0.05, 0.1) is 41.3 Å². The number of methoxy groups -OCH3 is 1. The van der Waals surface area contributed by atoms with E-state index in [1.807, 2.05) is 32.1 Å². The van der Waals surface area contributed by atoms with Crippen molar-refractivity contribution in [1.29, 1.82) is 0 Å². The zero-order valence-corrected chi connectivity index (χ0v) is 35.7.